The Morgan fingerprint density at radius 2 is 0.847 bits per heavy atom. The summed E-state index contributed by atoms with van der Waals surface area (Å²) in [6.07, 6.45) is 2.39. The number of benzene rings is 4. The SMILES string of the molecule is C[C@@H]1C[C@H](C)CN(C(=S)SCC(=O)Nc2ccc(Oc3ccc(S(=O)(=O)c4ccc(Oc5ccc(NC(=O)CSC(=S)N6C[C@H](C)C[C@H](C)C6)cc5)cc4)cc3)cc2)C1. The number of hydrogen-bond acceptors (Lipinski definition) is 10. The second kappa shape index (κ2) is 20.4. The fraction of sp³-hybridized carbons (Fsp3) is 0.364. The van der Waals surface area contributed by atoms with Crippen molar-refractivity contribution < 1.29 is 27.5 Å². The van der Waals surface area contributed by atoms with Gasteiger partial charge in [-0.3, -0.25) is 9.59 Å². The molecule has 59 heavy (non-hydrogen) atoms. The van der Waals surface area contributed by atoms with Crippen LogP contribution in [-0.4, -0.2) is 76.4 Å². The zero-order valence-corrected chi connectivity index (χ0v) is 37.7. The summed E-state index contributed by atoms with van der Waals surface area (Å²) in [7, 11) is -3.81. The number of anilines is 2. The molecule has 2 aliphatic rings. The van der Waals surface area contributed by atoms with E-state index >= 15 is 0 Å². The maximum Gasteiger partial charge on any atom is 0.234 e. The molecule has 0 spiro atoms. The summed E-state index contributed by atoms with van der Waals surface area (Å²) in [6, 6.07) is 26.3. The highest BCUT2D eigenvalue weighted by Gasteiger charge is 2.25. The van der Waals surface area contributed by atoms with Gasteiger partial charge in [0.05, 0.1) is 21.3 Å². The van der Waals surface area contributed by atoms with Crippen LogP contribution in [0, 0.1) is 23.7 Å². The van der Waals surface area contributed by atoms with Crippen LogP contribution in [0.3, 0.4) is 0 Å². The van der Waals surface area contributed by atoms with Crippen LogP contribution in [0.2, 0.25) is 0 Å². The summed E-state index contributed by atoms with van der Waals surface area (Å²) < 4.78 is 40.3. The molecule has 15 heteroatoms. The lowest BCUT2D eigenvalue weighted by Gasteiger charge is -2.36. The zero-order chi connectivity index (χ0) is 42.1. The van der Waals surface area contributed by atoms with E-state index in [1.807, 2.05) is 0 Å². The lowest BCUT2D eigenvalue weighted by molar-refractivity contribution is -0.114. The number of nitrogens with one attached hydrogen (secondary N) is 2. The molecular weight excluding hydrogens is 841 g/mol. The van der Waals surface area contributed by atoms with Gasteiger partial charge in [0.15, 0.2) is 0 Å². The van der Waals surface area contributed by atoms with E-state index in [0.717, 1.165) is 34.8 Å². The molecule has 2 heterocycles. The standard InChI is InChI=1S/C44H50N4O6S5/c1-29-21-30(2)24-47(23-29)43(55)57-27-41(49)45-33-5-9-35(10-6-33)53-37-13-17-39(18-14-37)59(51,52)40-19-15-38(16-20-40)54-36-11-7-34(8-12-36)46-42(50)28-58-44(56)48-25-31(3)22-32(4)26-48/h5-20,29-32H,21-28H2,1-4H3,(H,45,49)(H,46,50)/t29-,30+,31-,32+. The lowest BCUT2D eigenvalue weighted by Crippen LogP contribution is -2.41. The Hall–Kier alpha value is -4.15. The fourth-order valence-corrected chi connectivity index (χ4v) is 10.7. The number of rotatable bonds is 12. The molecule has 4 aromatic carbocycles. The molecule has 4 atom stereocenters. The zero-order valence-electron chi connectivity index (χ0n) is 33.6. The highest BCUT2D eigenvalue weighted by molar-refractivity contribution is 8.23. The lowest BCUT2D eigenvalue weighted by atomic mass is 9.92. The van der Waals surface area contributed by atoms with Crippen molar-refractivity contribution in [1.82, 2.24) is 9.80 Å². The Bertz CT molecular complexity index is 2030. The number of amides is 2. The summed E-state index contributed by atoms with van der Waals surface area (Å²) in [4.78, 5) is 29.9. The molecular formula is C44H50N4O6S5. The number of nitrogens with zero attached hydrogens (tertiary/aromatic N) is 2. The average molecular weight is 891 g/mol. The first kappa shape index (κ1) is 44.4. The van der Waals surface area contributed by atoms with Crippen molar-refractivity contribution in [2.75, 3.05) is 48.3 Å². The Labute approximate surface area is 367 Å². The van der Waals surface area contributed by atoms with Crippen molar-refractivity contribution in [3.8, 4) is 23.0 Å². The third-order valence-corrected chi connectivity index (χ3v) is 14.8. The first-order chi connectivity index (χ1) is 28.2. The van der Waals surface area contributed by atoms with Crippen molar-refractivity contribution in [3.63, 3.8) is 0 Å². The Kier molecular flexibility index (Phi) is 15.4. The van der Waals surface area contributed by atoms with Crippen LogP contribution < -0.4 is 20.1 Å². The topological polar surface area (TPSA) is 117 Å². The first-order valence-corrected chi connectivity index (χ1v) is 23.9. The normalized spacial score (nSPS) is 19.4. The van der Waals surface area contributed by atoms with E-state index in [-0.39, 0.29) is 33.1 Å². The van der Waals surface area contributed by atoms with Crippen LogP contribution in [0.1, 0.15) is 40.5 Å². The van der Waals surface area contributed by atoms with Crippen molar-refractivity contribution in [2.45, 2.75) is 50.3 Å². The Morgan fingerprint density at radius 3 is 1.15 bits per heavy atom. The van der Waals surface area contributed by atoms with Gasteiger partial charge >= 0.3 is 0 Å². The summed E-state index contributed by atoms with van der Waals surface area (Å²) in [5, 5.41) is 5.80. The van der Waals surface area contributed by atoms with Crippen molar-refractivity contribution in [2.24, 2.45) is 23.7 Å². The van der Waals surface area contributed by atoms with E-state index < -0.39 is 9.84 Å². The van der Waals surface area contributed by atoms with Crippen molar-refractivity contribution >= 4 is 89.6 Å². The second-order valence-corrected chi connectivity index (χ2v) is 20.8. The Morgan fingerprint density at radius 1 is 0.559 bits per heavy atom. The highest BCUT2D eigenvalue weighted by Crippen LogP contribution is 2.30. The molecule has 312 valence electrons. The molecule has 0 saturated carbocycles. The third kappa shape index (κ3) is 12.9. The monoisotopic (exact) mass is 890 g/mol. The maximum absolute atomic E-state index is 13.4. The highest BCUT2D eigenvalue weighted by atomic mass is 32.2. The summed E-state index contributed by atoms with van der Waals surface area (Å²) in [6.45, 7) is 12.7. The molecule has 10 nitrogen and oxygen atoms in total. The van der Waals surface area contributed by atoms with Gasteiger partial charge in [0.25, 0.3) is 0 Å². The van der Waals surface area contributed by atoms with Crippen LogP contribution in [0.25, 0.3) is 0 Å². The minimum absolute atomic E-state index is 0.117. The van der Waals surface area contributed by atoms with E-state index in [2.05, 4.69) is 48.1 Å². The number of ether oxygens (including phenoxy) is 2. The smallest absolute Gasteiger partial charge is 0.234 e. The number of hydrogen-bond donors (Lipinski definition) is 2. The predicted molar refractivity (Wildman–Crippen MR) is 248 cm³/mol. The number of piperidine rings is 2. The Balaban J connectivity index is 0.937. The van der Waals surface area contributed by atoms with Gasteiger partial charge in [-0.05, 0) is 134 Å². The molecule has 0 aliphatic carbocycles. The van der Waals surface area contributed by atoms with Gasteiger partial charge < -0.3 is 29.9 Å². The van der Waals surface area contributed by atoms with Gasteiger partial charge in [-0.25, -0.2) is 8.42 Å². The van der Waals surface area contributed by atoms with E-state index in [9.17, 15) is 18.0 Å². The van der Waals surface area contributed by atoms with E-state index in [1.165, 1.54) is 60.6 Å². The van der Waals surface area contributed by atoms with E-state index in [4.69, 9.17) is 33.9 Å². The molecule has 4 aromatic rings. The minimum atomic E-state index is -3.81. The molecule has 0 unspecified atom stereocenters. The molecule has 0 bridgehead atoms. The minimum Gasteiger partial charge on any atom is -0.457 e. The predicted octanol–water partition coefficient (Wildman–Crippen LogP) is 9.97. The van der Waals surface area contributed by atoms with Gasteiger partial charge in [0, 0.05) is 37.6 Å². The summed E-state index contributed by atoms with van der Waals surface area (Å²) >= 11 is 14.0. The number of thioether (sulfide) groups is 2. The second-order valence-electron chi connectivity index (χ2n) is 15.6. The molecule has 0 radical (unpaired) electrons. The first-order valence-electron chi connectivity index (χ1n) is 19.6. The van der Waals surface area contributed by atoms with Gasteiger partial charge in [-0.1, -0.05) is 75.7 Å². The van der Waals surface area contributed by atoms with Crippen molar-refractivity contribution in [1.29, 1.82) is 0 Å². The van der Waals surface area contributed by atoms with Gasteiger partial charge in [0.1, 0.15) is 31.6 Å². The van der Waals surface area contributed by atoms with E-state index in [1.54, 1.807) is 72.8 Å². The molecule has 2 fully saturated rings. The molecule has 2 aliphatic heterocycles. The average Bonchev–Trinajstić information content (AvgIpc) is 3.20. The molecule has 2 amide bonds. The number of sulfone groups is 1. The van der Waals surface area contributed by atoms with Gasteiger partial charge in [0.2, 0.25) is 21.7 Å². The van der Waals surface area contributed by atoms with Crippen LogP contribution in [0.5, 0.6) is 23.0 Å². The third-order valence-electron chi connectivity index (χ3n) is 9.92. The molecule has 2 saturated heterocycles. The quantitative estimate of drug-likeness (QED) is 0.132. The summed E-state index contributed by atoms with van der Waals surface area (Å²) in [5.41, 5.74) is 1.27. The van der Waals surface area contributed by atoms with Gasteiger partial charge in [-0.15, -0.1) is 0 Å². The number of thiocarbonyl (C=S) groups is 2. The maximum atomic E-state index is 13.4. The van der Waals surface area contributed by atoms with E-state index in [0.29, 0.717) is 58.0 Å². The van der Waals surface area contributed by atoms with Crippen molar-refractivity contribution in [3.05, 3.63) is 97.1 Å². The van der Waals surface area contributed by atoms with Crippen LogP contribution >= 0.6 is 48.0 Å². The number of carbonyl (C=O) groups excluding carboxylic acids is 2. The number of likely N-dealkylation sites (tertiary alicyclic amines) is 2. The summed E-state index contributed by atoms with van der Waals surface area (Å²) in [5.74, 6) is 4.52. The number of carbonyl (C=O) groups is 2. The molecule has 0 aromatic heterocycles. The van der Waals surface area contributed by atoms with Gasteiger partial charge in [-0.2, -0.15) is 0 Å². The van der Waals surface area contributed by atoms with Crippen LogP contribution in [-0.2, 0) is 19.4 Å². The van der Waals surface area contributed by atoms with Crippen LogP contribution in [0.4, 0.5) is 11.4 Å². The molecule has 6 rings (SSSR count). The molecule has 2 N–H and O–H groups in total. The van der Waals surface area contributed by atoms with Crippen LogP contribution in [0.15, 0.2) is 107 Å². The largest absolute Gasteiger partial charge is 0.457 e. The fourth-order valence-electron chi connectivity index (χ4n) is 7.45.